The van der Waals surface area contributed by atoms with E-state index in [4.69, 9.17) is 16.3 Å². The lowest BCUT2D eigenvalue weighted by Crippen LogP contribution is -2.64. The number of rotatable bonds is 6. The Morgan fingerprint density at radius 3 is 2.68 bits per heavy atom. The van der Waals surface area contributed by atoms with E-state index < -0.39 is 0 Å². The van der Waals surface area contributed by atoms with Crippen LogP contribution in [0.4, 0.5) is 0 Å². The molecule has 1 saturated carbocycles. The Morgan fingerprint density at radius 1 is 1.37 bits per heavy atom. The molecule has 0 radical (unpaired) electrons. The number of halogens is 1. The Labute approximate surface area is 120 Å². The fourth-order valence-electron chi connectivity index (χ4n) is 3.27. The van der Waals surface area contributed by atoms with Gasteiger partial charge in [0.05, 0.1) is 11.2 Å². The highest BCUT2D eigenvalue weighted by molar-refractivity contribution is 6.30. The molecule has 0 bridgehead atoms. The highest BCUT2D eigenvalue weighted by Crippen LogP contribution is 2.48. The van der Waals surface area contributed by atoms with Gasteiger partial charge in [0.25, 0.3) is 0 Å². The summed E-state index contributed by atoms with van der Waals surface area (Å²) in [6, 6.07) is 2.40. The molecule has 1 aliphatic carbocycles. The van der Waals surface area contributed by atoms with E-state index in [1.807, 2.05) is 6.07 Å². The van der Waals surface area contributed by atoms with Crippen molar-refractivity contribution in [3.8, 4) is 5.75 Å². The van der Waals surface area contributed by atoms with Gasteiger partial charge in [-0.1, -0.05) is 32.4 Å². The second-order valence-corrected chi connectivity index (χ2v) is 5.67. The summed E-state index contributed by atoms with van der Waals surface area (Å²) in [7, 11) is 0. The van der Waals surface area contributed by atoms with E-state index in [0.717, 1.165) is 31.6 Å². The van der Waals surface area contributed by atoms with Crippen LogP contribution < -0.4 is 10.1 Å². The molecule has 1 aromatic rings. The molecule has 3 nitrogen and oxygen atoms in total. The average Bonchev–Trinajstić information content (AvgIpc) is 2.39. The molecule has 1 aromatic heterocycles. The molecule has 0 amide bonds. The smallest absolute Gasteiger partial charge is 0.139 e. The van der Waals surface area contributed by atoms with Gasteiger partial charge in [0.2, 0.25) is 0 Å². The molecule has 0 saturated heterocycles. The molecule has 2 unspecified atom stereocenters. The van der Waals surface area contributed by atoms with Crippen LogP contribution >= 0.6 is 11.6 Å². The Balaban J connectivity index is 2.08. The minimum absolute atomic E-state index is 0.234. The third kappa shape index (κ3) is 2.72. The minimum atomic E-state index is 0.234. The first kappa shape index (κ1) is 14.6. The Hall–Kier alpha value is -0.800. The maximum atomic E-state index is 6.12. The summed E-state index contributed by atoms with van der Waals surface area (Å²) >= 11 is 5.95. The Kier molecular flexibility index (Phi) is 4.69. The van der Waals surface area contributed by atoms with Gasteiger partial charge in [-0.3, -0.25) is 4.98 Å². The summed E-state index contributed by atoms with van der Waals surface area (Å²) in [5.41, 5.74) is 0.234. The molecule has 0 spiro atoms. The molecule has 4 heteroatoms. The summed E-state index contributed by atoms with van der Waals surface area (Å²) in [5.74, 6) is 0.777. The van der Waals surface area contributed by atoms with Gasteiger partial charge in [-0.25, -0.2) is 0 Å². The van der Waals surface area contributed by atoms with E-state index in [2.05, 4.69) is 31.1 Å². The standard InChI is InChI=1S/C15H23ClN2O/c1-4-15(5-2)13(18-6-3)8-14(15)19-12-7-11(16)9-17-10-12/h7,9-10,13-14,18H,4-6,8H2,1-3H3. The lowest BCUT2D eigenvalue weighted by Gasteiger charge is -2.55. The first-order valence-corrected chi connectivity index (χ1v) is 7.54. The molecule has 0 aliphatic heterocycles. The Bertz CT molecular complexity index is 420. The van der Waals surface area contributed by atoms with Crippen LogP contribution in [0.5, 0.6) is 5.75 Å². The first-order chi connectivity index (χ1) is 9.16. The second kappa shape index (κ2) is 6.10. The van der Waals surface area contributed by atoms with E-state index in [0.29, 0.717) is 11.1 Å². The van der Waals surface area contributed by atoms with Gasteiger partial charge in [-0.05, 0) is 19.4 Å². The number of aromatic nitrogens is 1. The van der Waals surface area contributed by atoms with E-state index in [1.165, 1.54) is 0 Å². The highest BCUT2D eigenvalue weighted by Gasteiger charge is 2.53. The predicted octanol–water partition coefficient (Wildman–Crippen LogP) is 3.67. The number of pyridine rings is 1. The van der Waals surface area contributed by atoms with Crippen LogP contribution in [0.25, 0.3) is 0 Å². The molecule has 2 rings (SSSR count). The lowest BCUT2D eigenvalue weighted by atomic mass is 9.58. The number of hydrogen-bond donors (Lipinski definition) is 1. The SMILES string of the molecule is CCNC1CC(Oc2cncc(Cl)c2)C1(CC)CC. The van der Waals surface area contributed by atoms with Crippen molar-refractivity contribution in [3.05, 3.63) is 23.5 Å². The van der Waals surface area contributed by atoms with Crippen molar-refractivity contribution in [1.29, 1.82) is 0 Å². The maximum Gasteiger partial charge on any atom is 0.139 e. The van der Waals surface area contributed by atoms with Crippen molar-refractivity contribution in [2.45, 2.75) is 52.2 Å². The summed E-state index contributed by atoms with van der Waals surface area (Å²) in [6.07, 6.45) is 6.93. The molecule has 2 atom stereocenters. The molecule has 19 heavy (non-hydrogen) atoms. The van der Waals surface area contributed by atoms with Crippen molar-refractivity contribution in [2.24, 2.45) is 5.41 Å². The number of nitrogens with zero attached hydrogens (tertiary/aromatic N) is 1. The molecular weight excluding hydrogens is 260 g/mol. The quantitative estimate of drug-likeness (QED) is 0.864. The fourth-order valence-corrected chi connectivity index (χ4v) is 3.43. The van der Waals surface area contributed by atoms with Crippen LogP contribution in [-0.4, -0.2) is 23.7 Å². The van der Waals surface area contributed by atoms with E-state index in [9.17, 15) is 0 Å². The topological polar surface area (TPSA) is 34.1 Å². The normalized spacial score (nSPS) is 24.8. The summed E-state index contributed by atoms with van der Waals surface area (Å²) in [6.45, 7) is 7.67. The van der Waals surface area contributed by atoms with E-state index >= 15 is 0 Å². The van der Waals surface area contributed by atoms with Crippen molar-refractivity contribution < 1.29 is 4.74 Å². The zero-order chi connectivity index (χ0) is 13.9. The van der Waals surface area contributed by atoms with Crippen molar-refractivity contribution in [3.63, 3.8) is 0 Å². The zero-order valence-electron chi connectivity index (χ0n) is 11.9. The summed E-state index contributed by atoms with van der Waals surface area (Å²) < 4.78 is 6.12. The van der Waals surface area contributed by atoms with E-state index in [-0.39, 0.29) is 11.5 Å². The van der Waals surface area contributed by atoms with Crippen LogP contribution in [0.15, 0.2) is 18.5 Å². The van der Waals surface area contributed by atoms with Crippen LogP contribution in [0.1, 0.15) is 40.0 Å². The van der Waals surface area contributed by atoms with Gasteiger partial charge in [0, 0.05) is 30.1 Å². The van der Waals surface area contributed by atoms with Gasteiger partial charge in [0.1, 0.15) is 11.9 Å². The molecule has 1 aliphatic rings. The average molecular weight is 283 g/mol. The van der Waals surface area contributed by atoms with Crippen LogP contribution in [0.2, 0.25) is 5.02 Å². The monoisotopic (exact) mass is 282 g/mol. The maximum absolute atomic E-state index is 6.12. The fraction of sp³-hybridized carbons (Fsp3) is 0.667. The molecule has 1 fully saturated rings. The molecule has 1 N–H and O–H groups in total. The number of hydrogen-bond acceptors (Lipinski definition) is 3. The highest BCUT2D eigenvalue weighted by atomic mass is 35.5. The molecule has 106 valence electrons. The lowest BCUT2D eigenvalue weighted by molar-refractivity contribution is -0.0855. The van der Waals surface area contributed by atoms with Crippen LogP contribution in [-0.2, 0) is 0 Å². The summed E-state index contributed by atoms with van der Waals surface area (Å²) in [5, 5.41) is 4.20. The Morgan fingerprint density at radius 2 is 2.11 bits per heavy atom. The third-order valence-corrected chi connectivity index (χ3v) is 4.72. The van der Waals surface area contributed by atoms with Gasteiger partial charge >= 0.3 is 0 Å². The van der Waals surface area contributed by atoms with Crippen molar-refractivity contribution >= 4 is 11.6 Å². The van der Waals surface area contributed by atoms with Crippen molar-refractivity contribution in [2.75, 3.05) is 6.54 Å². The molecule has 0 aromatic carbocycles. The predicted molar refractivity (Wildman–Crippen MR) is 78.8 cm³/mol. The zero-order valence-corrected chi connectivity index (χ0v) is 12.7. The minimum Gasteiger partial charge on any atom is -0.488 e. The van der Waals surface area contributed by atoms with Gasteiger partial charge in [0.15, 0.2) is 0 Å². The van der Waals surface area contributed by atoms with Gasteiger partial charge < -0.3 is 10.1 Å². The second-order valence-electron chi connectivity index (χ2n) is 5.23. The van der Waals surface area contributed by atoms with Gasteiger partial charge in [-0.15, -0.1) is 0 Å². The summed E-state index contributed by atoms with van der Waals surface area (Å²) in [4.78, 5) is 4.08. The van der Waals surface area contributed by atoms with Crippen LogP contribution in [0, 0.1) is 5.41 Å². The number of ether oxygens (including phenoxy) is 1. The van der Waals surface area contributed by atoms with Crippen LogP contribution in [0.3, 0.4) is 0 Å². The van der Waals surface area contributed by atoms with Crippen molar-refractivity contribution in [1.82, 2.24) is 10.3 Å². The third-order valence-electron chi connectivity index (χ3n) is 4.51. The van der Waals surface area contributed by atoms with E-state index in [1.54, 1.807) is 12.4 Å². The first-order valence-electron chi connectivity index (χ1n) is 7.16. The number of nitrogens with one attached hydrogen (secondary N) is 1. The molecular formula is C15H23ClN2O. The van der Waals surface area contributed by atoms with Gasteiger partial charge in [-0.2, -0.15) is 0 Å². The molecule has 1 heterocycles. The largest absolute Gasteiger partial charge is 0.488 e.